The Morgan fingerprint density at radius 3 is 2.07 bits per heavy atom. The van der Waals surface area contributed by atoms with Crippen LogP contribution < -0.4 is 40.6 Å². The van der Waals surface area contributed by atoms with Gasteiger partial charge in [0, 0.05) is 5.69 Å². The summed E-state index contributed by atoms with van der Waals surface area (Å²) in [6.07, 6.45) is 0. The van der Waals surface area contributed by atoms with Gasteiger partial charge >= 0.3 is 35.6 Å². The molecule has 2 amide bonds. The maximum Gasteiger partial charge on any atom is 1.00 e. The standard InChI is InChI=1S/C7H8N2O4S.Na/c8-7(10)9-5-1-3-6(4-2-5)14(11,12)13;/h1-4H,(H3,8,9,10)(H,11,12,13);/q;+1/p-1. The number of anilines is 1. The fraction of sp³-hybridized carbons (Fsp3) is 0. The van der Waals surface area contributed by atoms with Gasteiger partial charge in [-0.05, 0) is 24.3 Å². The zero-order chi connectivity index (χ0) is 10.8. The van der Waals surface area contributed by atoms with Gasteiger partial charge in [0.2, 0.25) is 0 Å². The second-order valence-electron chi connectivity index (χ2n) is 2.47. The Labute approximate surface area is 109 Å². The number of hydrogen-bond acceptors (Lipinski definition) is 4. The Bertz CT molecular complexity index is 443. The minimum Gasteiger partial charge on any atom is -0.744 e. The molecule has 0 aliphatic carbocycles. The van der Waals surface area contributed by atoms with Crippen LogP contribution in [-0.2, 0) is 10.1 Å². The first-order chi connectivity index (χ1) is 6.39. The molecule has 0 fully saturated rings. The molecular formula is C7H7N2NaO4S. The Hall–Kier alpha value is -0.600. The molecule has 0 bridgehead atoms. The van der Waals surface area contributed by atoms with E-state index in [1.165, 1.54) is 12.1 Å². The third-order valence-electron chi connectivity index (χ3n) is 1.41. The van der Waals surface area contributed by atoms with Gasteiger partial charge in [-0.3, -0.25) is 0 Å². The predicted molar refractivity (Wildman–Crippen MR) is 47.6 cm³/mol. The molecule has 0 aromatic heterocycles. The first-order valence-electron chi connectivity index (χ1n) is 3.52. The second-order valence-corrected chi connectivity index (χ2v) is 3.85. The monoisotopic (exact) mass is 238 g/mol. The summed E-state index contributed by atoms with van der Waals surface area (Å²) in [6.45, 7) is 0. The summed E-state index contributed by atoms with van der Waals surface area (Å²) in [4.78, 5) is 10.0. The van der Waals surface area contributed by atoms with E-state index in [1.807, 2.05) is 0 Å². The van der Waals surface area contributed by atoms with E-state index in [0.717, 1.165) is 12.1 Å². The average Bonchev–Trinajstić information content (AvgIpc) is 2.02. The van der Waals surface area contributed by atoms with Crippen LogP contribution in [0.3, 0.4) is 0 Å². The van der Waals surface area contributed by atoms with Gasteiger partial charge in [-0.25, -0.2) is 13.2 Å². The van der Waals surface area contributed by atoms with Gasteiger partial charge in [0.05, 0.1) is 4.90 Å². The van der Waals surface area contributed by atoms with Crippen LogP contribution in [0.4, 0.5) is 10.5 Å². The van der Waals surface area contributed by atoms with Crippen LogP contribution in [0.1, 0.15) is 0 Å². The predicted octanol–water partition coefficient (Wildman–Crippen LogP) is -2.91. The molecule has 15 heavy (non-hydrogen) atoms. The van der Waals surface area contributed by atoms with Crippen LogP contribution >= 0.6 is 0 Å². The number of nitrogens with one attached hydrogen (secondary N) is 1. The number of nitrogens with two attached hydrogens (primary N) is 1. The first kappa shape index (κ1) is 14.4. The summed E-state index contributed by atoms with van der Waals surface area (Å²) in [5.74, 6) is 0. The van der Waals surface area contributed by atoms with Crippen molar-refractivity contribution in [3.63, 3.8) is 0 Å². The van der Waals surface area contributed by atoms with Crippen molar-refractivity contribution in [1.82, 2.24) is 0 Å². The number of carbonyl (C=O) groups is 1. The Balaban J connectivity index is 0.00000196. The Morgan fingerprint density at radius 2 is 1.73 bits per heavy atom. The van der Waals surface area contributed by atoms with E-state index in [2.05, 4.69) is 5.32 Å². The van der Waals surface area contributed by atoms with Crippen molar-refractivity contribution in [3.8, 4) is 0 Å². The number of rotatable bonds is 2. The van der Waals surface area contributed by atoms with Crippen LogP contribution in [0.5, 0.6) is 0 Å². The maximum atomic E-state index is 10.5. The molecule has 0 radical (unpaired) electrons. The minimum absolute atomic E-state index is 0. The Morgan fingerprint density at radius 1 is 1.27 bits per heavy atom. The van der Waals surface area contributed by atoms with Gasteiger partial charge in [0.1, 0.15) is 10.1 Å². The quantitative estimate of drug-likeness (QED) is 0.424. The SMILES string of the molecule is NC(=O)Nc1ccc(S(=O)(=O)[O-])cc1.[Na+]. The van der Waals surface area contributed by atoms with E-state index in [-0.39, 0.29) is 34.5 Å². The zero-order valence-electron chi connectivity index (χ0n) is 7.93. The molecule has 1 aromatic carbocycles. The fourth-order valence-electron chi connectivity index (χ4n) is 0.847. The number of hydrogen-bond donors (Lipinski definition) is 2. The number of primary amides is 1. The molecule has 0 aliphatic rings. The summed E-state index contributed by atoms with van der Waals surface area (Å²) in [5.41, 5.74) is 5.14. The smallest absolute Gasteiger partial charge is 0.744 e. The van der Waals surface area contributed by atoms with Crippen LogP contribution in [0.15, 0.2) is 29.2 Å². The van der Waals surface area contributed by atoms with E-state index in [1.54, 1.807) is 0 Å². The molecule has 0 atom stereocenters. The van der Waals surface area contributed by atoms with Crippen molar-refractivity contribution < 1.29 is 47.3 Å². The normalized spacial score (nSPS) is 10.2. The number of urea groups is 1. The number of carbonyl (C=O) groups excluding carboxylic acids is 1. The summed E-state index contributed by atoms with van der Waals surface area (Å²) in [5, 5.41) is 2.23. The minimum atomic E-state index is -4.44. The van der Waals surface area contributed by atoms with E-state index >= 15 is 0 Å². The van der Waals surface area contributed by atoms with Crippen molar-refractivity contribution in [2.45, 2.75) is 4.90 Å². The largest absolute Gasteiger partial charge is 1.00 e. The molecule has 0 saturated carbocycles. The molecule has 6 nitrogen and oxygen atoms in total. The average molecular weight is 238 g/mol. The summed E-state index contributed by atoms with van der Waals surface area (Å²) in [7, 11) is -4.44. The topological polar surface area (TPSA) is 112 Å². The Kier molecular flexibility index (Phi) is 5.26. The first-order valence-corrected chi connectivity index (χ1v) is 4.93. The van der Waals surface area contributed by atoms with E-state index < -0.39 is 16.1 Å². The molecule has 0 unspecified atom stereocenters. The van der Waals surface area contributed by atoms with E-state index in [0.29, 0.717) is 5.69 Å². The van der Waals surface area contributed by atoms with Crippen LogP contribution in [0, 0.1) is 0 Å². The molecule has 0 heterocycles. The third kappa shape index (κ3) is 4.63. The molecule has 8 heteroatoms. The van der Waals surface area contributed by atoms with E-state index in [9.17, 15) is 17.8 Å². The van der Waals surface area contributed by atoms with Gasteiger partial charge in [0.25, 0.3) is 0 Å². The van der Waals surface area contributed by atoms with Crippen molar-refractivity contribution in [1.29, 1.82) is 0 Å². The fourth-order valence-corrected chi connectivity index (χ4v) is 1.32. The van der Waals surface area contributed by atoms with Crippen molar-refractivity contribution in [2.75, 3.05) is 5.32 Å². The summed E-state index contributed by atoms with van der Waals surface area (Å²) < 4.78 is 31.5. The van der Waals surface area contributed by atoms with Crippen molar-refractivity contribution >= 4 is 21.8 Å². The second kappa shape index (κ2) is 5.47. The molecule has 1 aromatic rings. The summed E-state index contributed by atoms with van der Waals surface area (Å²) in [6, 6.07) is 3.97. The molecule has 3 N–H and O–H groups in total. The number of amides is 2. The van der Waals surface area contributed by atoms with Gasteiger partial charge in [-0.1, -0.05) is 0 Å². The maximum absolute atomic E-state index is 10.5. The third-order valence-corrected chi connectivity index (χ3v) is 2.26. The number of benzene rings is 1. The molecule has 1 rings (SSSR count). The van der Waals surface area contributed by atoms with Crippen molar-refractivity contribution in [3.05, 3.63) is 24.3 Å². The van der Waals surface area contributed by atoms with Crippen molar-refractivity contribution in [2.24, 2.45) is 5.73 Å². The molecule has 76 valence electrons. The molecule has 0 spiro atoms. The van der Waals surface area contributed by atoms with Gasteiger partial charge in [-0.15, -0.1) is 0 Å². The summed E-state index contributed by atoms with van der Waals surface area (Å²) >= 11 is 0. The molecular weight excluding hydrogens is 231 g/mol. The van der Waals surface area contributed by atoms with Gasteiger partial charge in [-0.2, -0.15) is 0 Å². The van der Waals surface area contributed by atoms with Crippen LogP contribution in [-0.4, -0.2) is 19.0 Å². The van der Waals surface area contributed by atoms with Gasteiger partial charge in [0.15, 0.2) is 0 Å². The van der Waals surface area contributed by atoms with Crippen LogP contribution in [0.25, 0.3) is 0 Å². The molecule has 0 aliphatic heterocycles. The van der Waals surface area contributed by atoms with Crippen LogP contribution in [0.2, 0.25) is 0 Å². The van der Waals surface area contributed by atoms with E-state index in [4.69, 9.17) is 5.73 Å². The molecule has 0 saturated heterocycles. The zero-order valence-corrected chi connectivity index (χ0v) is 10.7. The van der Waals surface area contributed by atoms with Gasteiger partial charge < -0.3 is 15.6 Å².